The number of imide groups is 1. The van der Waals surface area contributed by atoms with Crippen LogP contribution in [0.5, 0.6) is 5.75 Å². The maximum Gasteiger partial charge on any atom is 0.305 e. The van der Waals surface area contributed by atoms with Crippen molar-refractivity contribution in [2.24, 2.45) is 29.6 Å². The lowest BCUT2D eigenvalue weighted by Gasteiger charge is -2.43. The quantitative estimate of drug-likeness (QED) is 0.527. The summed E-state index contributed by atoms with van der Waals surface area (Å²) >= 11 is 2.84. The second-order valence-electron chi connectivity index (χ2n) is 9.54. The Labute approximate surface area is 201 Å². The molecule has 0 radical (unpaired) electrons. The second kappa shape index (κ2) is 7.05. The Bertz CT molecular complexity index is 1400. The van der Waals surface area contributed by atoms with E-state index in [9.17, 15) is 23.9 Å². The molecule has 2 saturated carbocycles. The van der Waals surface area contributed by atoms with Gasteiger partial charge in [-0.1, -0.05) is 23.5 Å². The first-order chi connectivity index (χ1) is 16.4. The third-order valence-corrected chi connectivity index (χ3v) is 10.6. The molecular weight excluding hydrogens is 475 g/mol. The number of anilines is 1. The number of nitrogens with zero attached hydrogens (tertiary/aromatic N) is 1. The molecule has 2 aliphatic heterocycles. The van der Waals surface area contributed by atoms with Gasteiger partial charge in [-0.3, -0.25) is 19.3 Å². The van der Waals surface area contributed by atoms with Crippen LogP contribution in [0.3, 0.4) is 0 Å². The molecule has 2 amide bonds. The number of phenolic OH excluding ortho intramolecular Hbond substituents is 1. The number of H-pyrrole nitrogens is 1. The van der Waals surface area contributed by atoms with Crippen LogP contribution in [0, 0.1) is 35.4 Å². The zero-order chi connectivity index (χ0) is 23.3. The topological polar surface area (TPSA) is 90.5 Å². The van der Waals surface area contributed by atoms with Crippen molar-refractivity contribution in [1.29, 1.82) is 0 Å². The molecule has 6 nitrogen and oxygen atoms in total. The lowest BCUT2D eigenvalue weighted by Crippen LogP contribution is -2.42. The van der Waals surface area contributed by atoms with Crippen molar-refractivity contribution < 1.29 is 19.1 Å². The highest BCUT2D eigenvalue weighted by molar-refractivity contribution is 8.00. The molecular formula is C25H19FN2O4S2. The van der Waals surface area contributed by atoms with Gasteiger partial charge in [-0.25, -0.2) is 4.39 Å². The number of fused-ring (bicyclic) bond motifs is 9. The van der Waals surface area contributed by atoms with E-state index in [2.05, 4.69) is 4.98 Å². The average Bonchev–Trinajstić information content (AvgIpc) is 3.54. The molecule has 34 heavy (non-hydrogen) atoms. The van der Waals surface area contributed by atoms with Crippen LogP contribution in [0.15, 0.2) is 58.4 Å². The van der Waals surface area contributed by atoms with Crippen LogP contribution >= 0.6 is 23.1 Å². The summed E-state index contributed by atoms with van der Waals surface area (Å²) in [6.07, 6.45) is 0.806. The van der Waals surface area contributed by atoms with Crippen molar-refractivity contribution >= 4 is 40.6 Å². The van der Waals surface area contributed by atoms with Gasteiger partial charge in [0.1, 0.15) is 11.6 Å². The van der Waals surface area contributed by atoms with Gasteiger partial charge in [0.15, 0.2) is 0 Å². The van der Waals surface area contributed by atoms with Crippen molar-refractivity contribution in [2.75, 3.05) is 4.90 Å². The number of aromatic nitrogens is 1. The number of carbonyl (C=O) groups excluding carboxylic acids is 2. The number of benzene rings is 2. The molecule has 4 aliphatic rings. The molecule has 2 aromatic carbocycles. The molecule has 2 aliphatic carbocycles. The largest absolute Gasteiger partial charge is 0.508 e. The Morgan fingerprint density at radius 2 is 1.62 bits per heavy atom. The van der Waals surface area contributed by atoms with Crippen LogP contribution in [0.1, 0.15) is 22.8 Å². The molecule has 1 saturated heterocycles. The number of nitrogens with one attached hydrogen (secondary N) is 1. The van der Waals surface area contributed by atoms with E-state index in [4.69, 9.17) is 0 Å². The van der Waals surface area contributed by atoms with Gasteiger partial charge < -0.3 is 10.1 Å². The Kier molecular flexibility index (Phi) is 4.24. The number of hydrogen-bond acceptors (Lipinski definition) is 6. The number of rotatable bonds is 2. The zero-order valence-electron chi connectivity index (χ0n) is 17.7. The molecule has 3 heterocycles. The fraction of sp³-hybridized carbons (Fsp3) is 0.320. The Morgan fingerprint density at radius 3 is 2.32 bits per heavy atom. The van der Waals surface area contributed by atoms with Crippen LogP contribution < -0.4 is 9.77 Å². The maximum absolute atomic E-state index is 13.6. The second-order valence-corrected chi connectivity index (χ2v) is 11.7. The highest BCUT2D eigenvalue weighted by Crippen LogP contribution is 2.68. The molecule has 0 unspecified atom stereocenters. The number of aromatic hydroxyl groups is 1. The molecule has 9 heteroatoms. The minimum atomic E-state index is -0.414. The Hall–Kier alpha value is -2.91. The summed E-state index contributed by atoms with van der Waals surface area (Å²) in [4.78, 5) is 44.5. The zero-order valence-corrected chi connectivity index (χ0v) is 19.3. The van der Waals surface area contributed by atoms with Gasteiger partial charge in [-0.05, 0) is 66.1 Å². The lowest BCUT2D eigenvalue weighted by molar-refractivity contribution is -0.123. The van der Waals surface area contributed by atoms with Gasteiger partial charge in [-0.15, -0.1) is 11.8 Å². The summed E-state index contributed by atoms with van der Waals surface area (Å²) < 4.78 is 13.5. The normalized spacial score (nSPS) is 33.2. The van der Waals surface area contributed by atoms with Gasteiger partial charge in [0.05, 0.1) is 22.5 Å². The van der Waals surface area contributed by atoms with E-state index in [1.54, 1.807) is 23.9 Å². The summed E-state index contributed by atoms with van der Waals surface area (Å²) in [6, 6.07) is 12.6. The average molecular weight is 495 g/mol. The van der Waals surface area contributed by atoms with Crippen molar-refractivity contribution in [2.45, 2.75) is 22.6 Å². The first-order valence-electron chi connectivity index (χ1n) is 11.2. The summed E-state index contributed by atoms with van der Waals surface area (Å²) in [5.41, 5.74) is 1.42. The SMILES string of the molecule is O=C1[C@@H]2[C@H]3C[C@@H]([C@@H]2C(=O)N1c1ccc(F)cc1)[C@@H]1[C@@H](c2ccc(O)cc2)c2sc(=O)[nH]c2S[C@@H]31. The van der Waals surface area contributed by atoms with Crippen LogP contribution in [0.2, 0.25) is 0 Å². The van der Waals surface area contributed by atoms with Gasteiger partial charge in [0, 0.05) is 16.0 Å². The van der Waals surface area contributed by atoms with E-state index in [0.29, 0.717) is 5.69 Å². The van der Waals surface area contributed by atoms with Crippen molar-refractivity contribution in [3.8, 4) is 5.75 Å². The first-order valence-corrected chi connectivity index (χ1v) is 12.9. The van der Waals surface area contributed by atoms with Gasteiger partial charge in [0.25, 0.3) is 0 Å². The first kappa shape index (κ1) is 20.5. The molecule has 7 rings (SSSR count). The third-order valence-electron chi connectivity index (χ3n) is 8.06. The fourth-order valence-corrected chi connectivity index (χ4v) is 9.81. The maximum atomic E-state index is 13.6. The van der Waals surface area contributed by atoms with Gasteiger partial charge >= 0.3 is 4.87 Å². The number of phenols is 1. The number of halogens is 1. The van der Waals surface area contributed by atoms with Gasteiger partial charge in [-0.2, -0.15) is 0 Å². The summed E-state index contributed by atoms with van der Waals surface area (Å²) in [7, 11) is 0. The highest BCUT2D eigenvalue weighted by Gasteiger charge is 2.69. The van der Waals surface area contributed by atoms with E-state index in [-0.39, 0.29) is 57.3 Å². The van der Waals surface area contributed by atoms with Gasteiger partial charge in [0.2, 0.25) is 11.8 Å². The van der Waals surface area contributed by atoms with Crippen LogP contribution in [-0.4, -0.2) is 27.2 Å². The molecule has 2 N–H and O–H groups in total. The monoisotopic (exact) mass is 494 g/mol. The minimum absolute atomic E-state index is 0.0125. The highest BCUT2D eigenvalue weighted by atomic mass is 32.2. The number of carbonyl (C=O) groups is 2. The van der Waals surface area contributed by atoms with E-state index in [0.717, 1.165) is 21.9 Å². The summed E-state index contributed by atoms with van der Waals surface area (Å²) in [5, 5.41) is 10.8. The number of aromatic amines is 1. The molecule has 3 fully saturated rings. The number of hydrogen-bond donors (Lipinski definition) is 2. The molecule has 2 bridgehead atoms. The minimum Gasteiger partial charge on any atom is -0.508 e. The Morgan fingerprint density at radius 1 is 0.941 bits per heavy atom. The van der Waals surface area contributed by atoms with Crippen molar-refractivity contribution in [1.82, 2.24) is 4.98 Å². The molecule has 7 atom stereocenters. The third kappa shape index (κ3) is 2.65. The predicted octanol–water partition coefficient (Wildman–Crippen LogP) is 3.96. The number of thioether (sulfide) groups is 1. The van der Waals surface area contributed by atoms with E-state index < -0.39 is 11.7 Å². The molecule has 172 valence electrons. The molecule has 3 aromatic rings. The van der Waals surface area contributed by atoms with Crippen LogP contribution in [0.4, 0.5) is 10.1 Å². The van der Waals surface area contributed by atoms with Crippen molar-refractivity contribution in [3.63, 3.8) is 0 Å². The fourth-order valence-electron chi connectivity index (χ4n) is 6.92. The predicted molar refractivity (Wildman–Crippen MR) is 125 cm³/mol. The lowest BCUT2D eigenvalue weighted by atomic mass is 9.68. The van der Waals surface area contributed by atoms with E-state index >= 15 is 0 Å². The Balaban J connectivity index is 1.32. The standard InChI is InChI=1S/C25H19FN2O4S2/c26-11-3-5-12(6-4-11)28-23(30)18-14-9-15(19(18)24(28)31)20-17(14)16(10-1-7-13(29)8-2-10)21-22(33-20)27-25(32)34-21/h1-8,14-20,29H,9H2,(H,27,32)/t14-,15-,16-,17-,18+,19-,20+/m1/s1. The summed E-state index contributed by atoms with van der Waals surface area (Å²) in [6.45, 7) is 0. The van der Waals surface area contributed by atoms with Crippen LogP contribution in [-0.2, 0) is 9.59 Å². The molecule has 0 spiro atoms. The number of amides is 2. The van der Waals surface area contributed by atoms with Crippen molar-refractivity contribution in [3.05, 3.63) is 74.5 Å². The summed E-state index contributed by atoms with van der Waals surface area (Å²) in [5.74, 6) is -1.36. The number of thiazole rings is 1. The smallest absolute Gasteiger partial charge is 0.305 e. The van der Waals surface area contributed by atoms with E-state index in [1.165, 1.54) is 40.5 Å². The molecule has 1 aromatic heterocycles. The van der Waals surface area contributed by atoms with E-state index in [1.807, 2.05) is 12.1 Å². The van der Waals surface area contributed by atoms with Crippen LogP contribution in [0.25, 0.3) is 0 Å².